The minimum atomic E-state index is -0.176. The fourth-order valence-electron chi connectivity index (χ4n) is 3.19. The second-order valence-corrected chi connectivity index (χ2v) is 6.55. The van der Waals surface area contributed by atoms with Crippen molar-refractivity contribution in [3.05, 3.63) is 76.0 Å². The fraction of sp³-hybridized carbons (Fsp3) is 0.250. The number of aromatic nitrogens is 3. The van der Waals surface area contributed by atoms with Crippen LogP contribution >= 0.6 is 0 Å². The van der Waals surface area contributed by atoms with Crippen LogP contribution in [-0.4, -0.2) is 38.8 Å². The van der Waals surface area contributed by atoms with Crippen LogP contribution in [0.25, 0.3) is 5.69 Å². The van der Waals surface area contributed by atoms with E-state index in [9.17, 15) is 9.59 Å². The molecule has 7 nitrogen and oxygen atoms in total. The molecular weight excluding hydrogens is 344 g/mol. The molecule has 27 heavy (non-hydrogen) atoms. The van der Waals surface area contributed by atoms with Crippen molar-refractivity contribution >= 4 is 5.91 Å². The van der Waals surface area contributed by atoms with Gasteiger partial charge in [-0.2, -0.15) is 4.68 Å². The Bertz CT molecular complexity index is 1030. The molecule has 0 fully saturated rings. The topological polar surface area (TPSA) is 69.4 Å². The van der Waals surface area contributed by atoms with Crippen LogP contribution in [0.3, 0.4) is 0 Å². The van der Waals surface area contributed by atoms with E-state index in [0.29, 0.717) is 36.8 Å². The van der Waals surface area contributed by atoms with Gasteiger partial charge in [0.15, 0.2) is 5.82 Å². The Kier molecular flexibility index (Phi) is 4.27. The van der Waals surface area contributed by atoms with E-state index in [-0.39, 0.29) is 11.6 Å². The maximum Gasteiger partial charge on any atom is 0.350 e. The van der Waals surface area contributed by atoms with Gasteiger partial charge in [0, 0.05) is 18.7 Å². The van der Waals surface area contributed by atoms with Gasteiger partial charge in [0.25, 0.3) is 5.91 Å². The third kappa shape index (κ3) is 3.12. The van der Waals surface area contributed by atoms with Crippen molar-refractivity contribution in [2.75, 3.05) is 13.7 Å². The number of hydrogen-bond acceptors (Lipinski definition) is 4. The van der Waals surface area contributed by atoms with Crippen molar-refractivity contribution in [2.24, 2.45) is 0 Å². The second kappa shape index (κ2) is 6.75. The number of aryl methyl sites for hydroxylation is 1. The summed E-state index contributed by atoms with van der Waals surface area (Å²) in [6.07, 6.45) is 0. The van der Waals surface area contributed by atoms with Gasteiger partial charge in [0.05, 0.1) is 19.3 Å². The van der Waals surface area contributed by atoms with E-state index in [1.165, 1.54) is 4.68 Å². The number of carbonyl (C=O) groups is 1. The van der Waals surface area contributed by atoms with Crippen LogP contribution in [0, 0.1) is 6.92 Å². The van der Waals surface area contributed by atoms with Crippen LogP contribution in [0.5, 0.6) is 5.75 Å². The van der Waals surface area contributed by atoms with Gasteiger partial charge in [-0.15, -0.1) is 5.10 Å². The first kappa shape index (κ1) is 17.1. The van der Waals surface area contributed by atoms with Crippen molar-refractivity contribution in [3.63, 3.8) is 0 Å². The highest BCUT2D eigenvalue weighted by molar-refractivity contribution is 5.94. The highest BCUT2D eigenvalue weighted by Crippen LogP contribution is 2.17. The van der Waals surface area contributed by atoms with Crippen LogP contribution in [0.2, 0.25) is 0 Å². The lowest BCUT2D eigenvalue weighted by Crippen LogP contribution is -2.40. The molecule has 0 atom stereocenters. The molecule has 1 aliphatic heterocycles. The molecule has 0 spiro atoms. The van der Waals surface area contributed by atoms with Crippen LogP contribution in [0.15, 0.2) is 53.3 Å². The lowest BCUT2D eigenvalue weighted by atomic mass is 10.2. The van der Waals surface area contributed by atoms with E-state index in [4.69, 9.17) is 4.74 Å². The minimum absolute atomic E-state index is 0.0822. The maximum absolute atomic E-state index is 12.8. The Morgan fingerprint density at radius 3 is 2.41 bits per heavy atom. The summed E-state index contributed by atoms with van der Waals surface area (Å²) in [5.41, 5.74) is 2.25. The summed E-state index contributed by atoms with van der Waals surface area (Å²) < 4.78 is 8.17. The van der Waals surface area contributed by atoms with Gasteiger partial charge >= 0.3 is 5.69 Å². The summed E-state index contributed by atoms with van der Waals surface area (Å²) in [5.74, 6) is 1.21. The SMILES string of the molecule is COc1ccc(C(=O)N2CCn3c(nn(-c4ccc(C)cc4)c3=O)C2)cc1. The maximum atomic E-state index is 12.8. The molecule has 7 heteroatoms. The monoisotopic (exact) mass is 364 g/mol. The molecule has 4 rings (SSSR count). The molecule has 0 saturated carbocycles. The smallest absolute Gasteiger partial charge is 0.350 e. The molecule has 2 aromatic carbocycles. The molecule has 1 aromatic heterocycles. The number of hydrogen-bond donors (Lipinski definition) is 0. The first-order valence-corrected chi connectivity index (χ1v) is 8.76. The van der Waals surface area contributed by atoms with Gasteiger partial charge in [-0.1, -0.05) is 17.7 Å². The molecule has 0 unspecified atom stereocenters. The van der Waals surface area contributed by atoms with Crippen LogP contribution in [-0.2, 0) is 13.1 Å². The van der Waals surface area contributed by atoms with E-state index >= 15 is 0 Å². The van der Waals surface area contributed by atoms with Crippen LogP contribution in [0.4, 0.5) is 0 Å². The zero-order valence-corrected chi connectivity index (χ0v) is 15.3. The number of ether oxygens (including phenoxy) is 1. The summed E-state index contributed by atoms with van der Waals surface area (Å²) in [4.78, 5) is 27.1. The van der Waals surface area contributed by atoms with E-state index in [1.54, 1.807) is 40.8 Å². The summed E-state index contributed by atoms with van der Waals surface area (Å²) in [7, 11) is 1.59. The Morgan fingerprint density at radius 2 is 1.74 bits per heavy atom. The Labute approximate surface area is 156 Å². The number of nitrogens with zero attached hydrogens (tertiary/aromatic N) is 4. The first-order valence-electron chi connectivity index (χ1n) is 8.76. The third-order valence-corrected chi connectivity index (χ3v) is 4.77. The molecular formula is C20H20N4O3. The second-order valence-electron chi connectivity index (χ2n) is 6.55. The van der Waals surface area contributed by atoms with E-state index in [1.807, 2.05) is 31.2 Å². The normalized spacial score (nSPS) is 13.3. The molecule has 0 bridgehead atoms. The van der Waals surface area contributed by atoms with Crippen molar-refractivity contribution in [1.29, 1.82) is 0 Å². The summed E-state index contributed by atoms with van der Waals surface area (Å²) in [6, 6.07) is 14.6. The van der Waals surface area contributed by atoms with Gasteiger partial charge < -0.3 is 9.64 Å². The minimum Gasteiger partial charge on any atom is -0.497 e. The molecule has 0 N–H and O–H groups in total. The Morgan fingerprint density at radius 1 is 1.04 bits per heavy atom. The van der Waals surface area contributed by atoms with Gasteiger partial charge in [-0.25, -0.2) is 4.79 Å². The predicted molar refractivity (Wildman–Crippen MR) is 100 cm³/mol. The zero-order valence-electron chi connectivity index (χ0n) is 15.3. The van der Waals surface area contributed by atoms with Crippen molar-refractivity contribution in [2.45, 2.75) is 20.0 Å². The number of amides is 1. The summed E-state index contributed by atoms with van der Waals surface area (Å²) in [6.45, 7) is 3.20. The quantitative estimate of drug-likeness (QED) is 0.713. The molecule has 0 radical (unpaired) electrons. The van der Waals surface area contributed by atoms with E-state index < -0.39 is 0 Å². The lowest BCUT2D eigenvalue weighted by Gasteiger charge is -2.26. The molecule has 3 aromatic rings. The number of carbonyl (C=O) groups excluding carboxylic acids is 1. The molecule has 1 aliphatic rings. The zero-order chi connectivity index (χ0) is 19.0. The summed E-state index contributed by atoms with van der Waals surface area (Å²) >= 11 is 0. The van der Waals surface area contributed by atoms with Crippen molar-refractivity contribution < 1.29 is 9.53 Å². The van der Waals surface area contributed by atoms with Crippen LogP contribution in [0.1, 0.15) is 21.7 Å². The third-order valence-electron chi connectivity index (χ3n) is 4.77. The Hall–Kier alpha value is -3.35. The molecule has 2 heterocycles. The number of methoxy groups -OCH3 is 1. The average Bonchev–Trinajstić information content (AvgIpc) is 3.04. The number of fused-ring (bicyclic) bond motifs is 1. The lowest BCUT2D eigenvalue weighted by molar-refractivity contribution is 0.0706. The molecule has 1 amide bonds. The van der Waals surface area contributed by atoms with Crippen molar-refractivity contribution in [3.8, 4) is 11.4 Å². The highest BCUT2D eigenvalue weighted by Gasteiger charge is 2.26. The largest absolute Gasteiger partial charge is 0.497 e. The standard InChI is InChI=1S/C20H20N4O3/c1-14-3-7-16(8-4-14)24-20(26)23-12-11-22(13-18(23)21-24)19(25)15-5-9-17(27-2)10-6-15/h3-10H,11-13H2,1-2H3. The predicted octanol–water partition coefficient (Wildman–Crippen LogP) is 2.01. The van der Waals surface area contributed by atoms with Gasteiger partial charge in [0.1, 0.15) is 5.75 Å². The number of rotatable bonds is 3. The molecule has 0 saturated heterocycles. The average molecular weight is 364 g/mol. The van der Waals surface area contributed by atoms with Gasteiger partial charge in [-0.05, 0) is 43.3 Å². The van der Waals surface area contributed by atoms with E-state index in [2.05, 4.69) is 5.10 Å². The van der Waals surface area contributed by atoms with Gasteiger partial charge in [-0.3, -0.25) is 9.36 Å². The number of benzene rings is 2. The van der Waals surface area contributed by atoms with Gasteiger partial charge in [0.2, 0.25) is 0 Å². The summed E-state index contributed by atoms with van der Waals surface area (Å²) in [5, 5.41) is 4.46. The molecule has 0 aliphatic carbocycles. The first-order chi connectivity index (χ1) is 13.1. The highest BCUT2D eigenvalue weighted by atomic mass is 16.5. The van der Waals surface area contributed by atoms with Crippen molar-refractivity contribution in [1.82, 2.24) is 19.2 Å². The molecule has 138 valence electrons. The fourth-order valence-corrected chi connectivity index (χ4v) is 3.19. The Balaban J connectivity index is 1.59. The van der Waals surface area contributed by atoms with E-state index in [0.717, 1.165) is 11.3 Å². The van der Waals surface area contributed by atoms with Crippen LogP contribution < -0.4 is 10.4 Å².